The van der Waals surface area contributed by atoms with Gasteiger partial charge in [0.05, 0.1) is 12.7 Å². The van der Waals surface area contributed by atoms with E-state index in [0.29, 0.717) is 17.6 Å². The van der Waals surface area contributed by atoms with Crippen molar-refractivity contribution in [3.63, 3.8) is 0 Å². The standard InChI is InChI=1S/C9H12O2.C9H16O.C5H10O.C3H8.4C2H6/c1-4-7(2)5-6-8(3)9(10)11;1-8(2)5-6-9(3)7-10-4;1-5-3-2-4-6-5;1-3-2;4*1-2/h4-6H,1H2,2-3H3,(H,10,11);5-6,9H,1,7H2,2-4H3;5H,2-4H2,1H3;3H2,1-2H3;4*1-2H3/b7-5-,8-6+;6-5-;;;;;;. The molecule has 1 saturated heterocycles. The molecule has 1 N–H and O–H groups in total. The van der Waals surface area contributed by atoms with E-state index in [1.807, 2.05) is 75.3 Å². The summed E-state index contributed by atoms with van der Waals surface area (Å²) in [4.78, 5) is 10.3. The van der Waals surface area contributed by atoms with Gasteiger partial charge in [0.15, 0.2) is 0 Å². The number of hydrogen-bond acceptors (Lipinski definition) is 3. The van der Waals surface area contributed by atoms with Gasteiger partial charge in [-0.25, -0.2) is 4.79 Å². The highest BCUT2D eigenvalue weighted by Gasteiger charge is 2.07. The minimum Gasteiger partial charge on any atom is -0.478 e. The first-order chi connectivity index (χ1) is 18.0. The third-order valence-corrected chi connectivity index (χ3v) is 3.55. The Morgan fingerprint density at radius 1 is 1.03 bits per heavy atom. The number of hydrogen-bond donors (Lipinski definition) is 1. The molecule has 38 heavy (non-hydrogen) atoms. The Morgan fingerprint density at radius 3 is 1.71 bits per heavy atom. The summed E-state index contributed by atoms with van der Waals surface area (Å²) in [5.74, 6) is -0.403. The molecule has 1 rings (SSSR count). The lowest BCUT2D eigenvalue weighted by Gasteiger charge is -2.02. The SMILES string of the molecule is C=C(C)/C=C\C(C)COC.C=C/C(C)=C\C=C(/C)C(=O)O.CC.CC.CC.CC.CC1CCCO1.CCC. The molecule has 4 heteroatoms. The molecule has 0 amide bonds. The molecule has 1 aliphatic rings. The zero-order chi connectivity index (χ0) is 31.9. The third-order valence-electron chi connectivity index (χ3n) is 3.55. The minimum atomic E-state index is -0.891. The number of allylic oxidation sites excluding steroid dienone is 6. The van der Waals surface area contributed by atoms with Gasteiger partial charge in [0.25, 0.3) is 0 Å². The largest absolute Gasteiger partial charge is 0.478 e. The first kappa shape index (κ1) is 52.5. The molecule has 0 radical (unpaired) electrons. The van der Waals surface area contributed by atoms with Crippen molar-refractivity contribution in [2.75, 3.05) is 20.3 Å². The second-order valence-electron chi connectivity index (χ2n) is 7.44. The summed E-state index contributed by atoms with van der Waals surface area (Å²) >= 11 is 0. The molecule has 1 aliphatic heterocycles. The molecule has 0 aromatic heterocycles. The quantitative estimate of drug-likeness (QED) is 0.257. The summed E-state index contributed by atoms with van der Waals surface area (Å²) in [7, 11) is 1.71. The van der Waals surface area contributed by atoms with Crippen LogP contribution in [-0.4, -0.2) is 37.5 Å². The number of methoxy groups -OCH3 is 1. The van der Waals surface area contributed by atoms with Crippen LogP contribution in [0, 0.1) is 5.92 Å². The van der Waals surface area contributed by atoms with Crippen LogP contribution in [-0.2, 0) is 14.3 Å². The van der Waals surface area contributed by atoms with Crippen molar-refractivity contribution in [1.82, 2.24) is 0 Å². The van der Waals surface area contributed by atoms with Gasteiger partial charge in [-0.05, 0) is 46.5 Å². The van der Waals surface area contributed by atoms with Gasteiger partial charge >= 0.3 is 5.97 Å². The number of carboxylic acid groups (broad SMARTS) is 1. The van der Waals surface area contributed by atoms with Crippen LogP contribution in [0.3, 0.4) is 0 Å². The fourth-order valence-corrected chi connectivity index (χ4v) is 1.78. The minimum absolute atomic E-state index is 0.325. The Kier molecular flexibility index (Phi) is 71.4. The normalized spacial score (nSPS) is 13.9. The van der Waals surface area contributed by atoms with Crippen molar-refractivity contribution in [2.45, 2.75) is 129 Å². The highest BCUT2D eigenvalue weighted by Crippen LogP contribution is 2.09. The molecule has 1 heterocycles. The first-order valence-electron chi connectivity index (χ1n) is 14.7. The number of aliphatic carboxylic acids is 1. The smallest absolute Gasteiger partial charge is 0.331 e. The van der Waals surface area contributed by atoms with E-state index >= 15 is 0 Å². The van der Waals surface area contributed by atoms with E-state index in [1.165, 1.54) is 19.3 Å². The predicted molar refractivity (Wildman–Crippen MR) is 176 cm³/mol. The molecular weight excluding hydrogens is 472 g/mol. The van der Waals surface area contributed by atoms with E-state index in [1.54, 1.807) is 32.3 Å². The van der Waals surface area contributed by atoms with Crippen LogP contribution in [0.1, 0.15) is 123 Å². The predicted octanol–water partition coefficient (Wildman–Crippen LogP) is 11.3. The summed E-state index contributed by atoms with van der Waals surface area (Å²) in [6.45, 7) is 38.9. The molecule has 0 bridgehead atoms. The average molecular weight is 543 g/mol. The molecule has 2 atom stereocenters. The third kappa shape index (κ3) is 64.3. The topological polar surface area (TPSA) is 55.8 Å². The van der Waals surface area contributed by atoms with E-state index < -0.39 is 5.97 Å². The van der Waals surface area contributed by atoms with Gasteiger partial charge < -0.3 is 14.6 Å². The number of carbonyl (C=O) groups is 1. The van der Waals surface area contributed by atoms with Crippen molar-refractivity contribution >= 4 is 5.97 Å². The highest BCUT2D eigenvalue weighted by molar-refractivity contribution is 5.86. The van der Waals surface area contributed by atoms with Crippen molar-refractivity contribution in [3.05, 3.63) is 60.3 Å². The zero-order valence-electron chi connectivity index (χ0n) is 28.7. The molecule has 0 aliphatic carbocycles. The van der Waals surface area contributed by atoms with Gasteiger partial charge in [-0.3, -0.25) is 0 Å². The molecule has 2 unspecified atom stereocenters. The van der Waals surface area contributed by atoms with Crippen molar-refractivity contribution in [1.29, 1.82) is 0 Å². The monoisotopic (exact) mass is 543 g/mol. The Hall–Kier alpha value is -1.91. The first-order valence-corrected chi connectivity index (χ1v) is 14.7. The van der Waals surface area contributed by atoms with E-state index in [4.69, 9.17) is 14.6 Å². The van der Waals surface area contributed by atoms with Crippen LogP contribution in [0.5, 0.6) is 0 Å². The fraction of sp³-hybridized carbons (Fsp3) is 0.676. The Morgan fingerprint density at radius 2 is 1.47 bits per heavy atom. The maximum absolute atomic E-state index is 10.3. The lowest BCUT2D eigenvalue weighted by atomic mass is 10.1. The molecule has 0 aromatic rings. The lowest BCUT2D eigenvalue weighted by Crippen LogP contribution is -1.98. The summed E-state index contributed by atoms with van der Waals surface area (Å²) in [6, 6.07) is 0. The number of carboxylic acids is 1. The van der Waals surface area contributed by atoms with Crippen LogP contribution >= 0.6 is 0 Å². The van der Waals surface area contributed by atoms with E-state index in [0.717, 1.165) is 24.4 Å². The van der Waals surface area contributed by atoms with Crippen molar-refractivity contribution < 1.29 is 19.4 Å². The maximum Gasteiger partial charge on any atom is 0.331 e. The van der Waals surface area contributed by atoms with Gasteiger partial charge in [0.2, 0.25) is 0 Å². The van der Waals surface area contributed by atoms with Gasteiger partial charge in [-0.2, -0.15) is 0 Å². The van der Waals surface area contributed by atoms with Gasteiger partial charge in [0, 0.05) is 19.3 Å². The highest BCUT2D eigenvalue weighted by atomic mass is 16.5. The molecule has 0 spiro atoms. The van der Waals surface area contributed by atoms with Crippen molar-refractivity contribution in [3.8, 4) is 0 Å². The molecule has 230 valence electrons. The second-order valence-corrected chi connectivity index (χ2v) is 7.44. The Labute approximate surface area is 241 Å². The molecular formula is C34H70O4. The molecule has 4 nitrogen and oxygen atoms in total. The van der Waals surface area contributed by atoms with E-state index in [-0.39, 0.29) is 0 Å². The van der Waals surface area contributed by atoms with Crippen LogP contribution in [0.2, 0.25) is 0 Å². The number of rotatable bonds is 7. The molecule has 0 aromatic carbocycles. The van der Waals surface area contributed by atoms with E-state index in [2.05, 4.69) is 46.9 Å². The summed E-state index contributed by atoms with van der Waals surface area (Å²) in [5.41, 5.74) is 2.36. The van der Waals surface area contributed by atoms with Gasteiger partial charge in [0.1, 0.15) is 0 Å². The molecule has 1 fully saturated rings. The average Bonchev–Trinajstić information content (AvgIpc) is 3.42. The summed E-state index contributed by atoms with van der Waals surface area (Å²) in [5, 5.41) is 8.44. The lowest BCUT2D eigenvalue weighted by molar-refractivity contribution is -0.132. The number of ether oxygens (including phenoxy) is 2. The molecule has 0 saturated carbocycles. The van der Waals surface area contributed by atoms with Crippen LogP contribution < -0.4 is 0 Å². The van der Waals surface area contributed by atoms with Gasteiger partial charge in [-0.1, -0.05) is 137 Å². The second kappa shape index (κ2) is 51.7. The maximum atomic E-state index is 10.3. The van der Waals surface area contributed by atoms with Crippen LogP contribution in [0.25, 0.3) is 0 Å². The van der Waals surface area contributed by atoms with Crippen LogP contribution in [0.15, 0.2) is 60.3 Å². The van der Waals surface area contributed by atoms with Gasteiger partial charge in [-0.15, -0.1) is 0 Å². The fourth-order valence-electron chi connectivity index (χ4n) is 1.78. The van der Waals surface area contributed by atoms with Crippen molar-refractivity contribution in [2.24, 2.45) is 5.92 Å². The summed E-state index contributed by atoms with van der Waals surface area (Å²) in [6.07, 6.45) is 13.4. The Bertz CT molecular complexity index is 537. The Balaban J connectivity index is -0.0000000649. The summed E-state index contributed by atoms with van der Waals surface area (Å²) < 4.78 is 10.1. The zero-order valence-corrected chi connectivity index (χ0v) is 28.7. The van der Waals surface area contributed by atoms with E-state index in [9.17, 15) is 4.79 Å². The van der Waals surface area contributed by atoms with Crippen LogP contribution in [0.4, 0.5) is 0 Å².